The third-order valence-corrected chi connectivity index (χ3v) is 8.99. The van der Waals surface area contributed by atoms with Gasteiger partial charge in [0.2, 0.25) is 0 Å². The number of carbonyl (C=O) groups excluding carboxylic acids is 3. The maximum Gasteiger partial charge on any atom is 0.305 e. The van der Waals surface area contributed by atoms with Crippen LogP contribution in [-0.4, -0.2) is 29.9 Å². The van der Waals surface area contributed by atoms with Crippen molar-refractivity contribution >= 4 is 17.7 Å². The number of allylic oxidation sites excluding steroid dienone is 1. The van der Waals surface area contributed by atoms with Gasteiger partial charge in [0.15, 0.2) is 5.78 Å². The summed E-state index contributed by atoms with van der Waals surface area (Å²) in [4.78, 5) is 36.4. The highest BCUT2D eigenvalue weighted by atomic mass is 16.6. The lowest BCUT2D eigenvalue weighted by atomic mass is 9.47. The van der Waals surface area contributed by atoms with Crippen LogP contribution >= 0.6 is 0 Å². The molecule has 0 aromatic rings. The van der Waals surface area contributed by atoms with Gasteiger partial charge < -0.3 is 9.47 Å². The molecular weight excluding hydrogens is 380 g/mol. The van der Waals surface area contributed by atoms with E-state index in [2.05, 4.69) is 13.8 Å². The fourth-order valence-corrected chi connectivity index (χ4v) is 7.30. The summed E-state index contributed by atoms with van der Waals surface area (Å²) in [6, 6.07) is 0. The van der Waals surface area contributed by atoms with E-state index in [0.717, 1.165) is 38.5 Å². The summed E-state index contributed by atoms with van der Waals surface area (Å²) >= 11 is 0. The minimum Gasteiger partial charge on any atom is -0.458 e. The summed E-state index contributed by atoms with van der Waals surface area (Å²) in [5.41, 5.74) is 1.29. The van der Waals surface area contributed by atoms with Gasteiger partial charge in [0.25, 0.3) is 0 Å². The molecule has 4 rings (SSSR count). The Morgan fingerprint density at radius 2 is 1.70 bits per heavy atom. The van der Waals surface area contributed by atoms with Gasteiger partial charge >= 0.3 is 11.9 Å². The smallest absolute Gasteiger partial charge is 0.305 e. The zero-order chi connectivity index (χ0) is 21.7. The van der Waals surface area contributed by atoms with Crippen LogP contribution in [0.4, 0.5) is 0 Å². The first-order chi connectivity index (χ1) is 14.2. The van der Waals surface area contributed by atoms with Crippen molar-refractivity contribution in [1.82, 2.24) is 0 Å². The molecule has 0 spiro atoms. The van der Waals surface area contributed by atoms with Crippen molar-refractivity contribution in [3.05, 3.63) is 11.6 Å². The number of esters is 2. The molecule has 4 aliphatic carbocycles. The van der Waals surface area contributed by atoms with Crippen molar-refractivity contribution in [3.8, 4) is 0 Å². The zero-order valence-corrected chi connectivity index (χ0v) is 18.9. The second-order valence-electron chi connectivity index (χ2n) is 10.4. The Hall–Kier alpha value is -1.65. The van der Waals surface area contributed by atoms with Crippen LogP contribution in [0.3, 0.4) is 0 Å². The number of fused-ring (bicyclic) bond motifs is 5. The monoisotopic (exact) mass is 416 g/mol. The maximum absolute atomic E-state index is 12.2. The third kappa shape index (κ3) is 3.33. The first-order valence-corrected chi connectivity index (χ1v) is 11.9. The minimum atomic E-state index is -0.357. The number of hydrogen-bond donors (Lipinski definition) is 0. The van der Waals surface area contributed by atoms with Gasteiger partial charge in [-0.05, 0) is 67.8 Å². The predicted octanol–water partition coefficient (Wildman–Crippen LogP) is 4.77. The molecule has 0 amide bonds. The summed E-state index contributed by atoms with van der Waals surface area (Å²) in [6.07, 6.45) is 8.37. The van der Waals surface area contributed by atoms with Crippen LogP contribution in [-0.2, 0) is 23.9 Å². The van der Waals surface area contributed by atoms with Crippen molar-refractivity contribution in [2.75, 3.05) is 0 Å². The highest BCUT2D eigenvalue weighted by Gasteiger charge is 2.63. The van der Waals surface area contributed by atoms with E-state index in [1.165, 1.54) is 5.57 Å². The molecule has 3 saturated carbocycles. The van der Waals surface area contributed by atoms with Crippen LogP contribution in [0.1, 0.15) is 85.5 Å². The summed E-state index contributed by atoms with van der Waals surface area (Å²) in [6.45, 7) is 8.22. The zero-order valence-electron chi connectivity index (χ0n) is 18.9. The standard InChI is InChI=1S/C25H36O5/c1-5-21(27)29-20-14-19-17-8-7-15-13-16(26)9-11-24(15,3)18(17)10-12-25(19,4)23(20)30-22(28)6-2/h13,17-20,23H,5-12,14H2,1-4H3/t17-,18+,19+,20+,23+,24+,25+/m1/s1. The molecule has 0 N–H and O–H groups in total. The van der Waals surface area contributed by atoms with E-state index in [-0.39, 0.29) is 40.8 Å². The van der Waals surface area contributed by atoms with Crippen LogP contribution in [0.2, 0.25) is 0 Å². The SMILES string of the molecule is CCC(=O)O[C@H]1C[C@H]2[C@@H]3CCC4=CC(=O)CC[C@]4(C)[C@H]3CC[C@]2(C)[C@H]1OC(=O)CC. The molecule has 0 unspecified atom stereocenters. The molecule has 0 aromatic heterocycles. The molecule has 0 aliphatic heterocycles. The van der Waals surface area contributed by atoms with Crippen LogP contribution in [0, 0.1) is 28.6 Å². The number of ketones is 1. The highest BCUT2D eigenvalue weighted by Crippen LogP contribution is 2.66. The second-order valence-corrected chi connectivity index (χ2v) is 10.4. The largest absolute Gasteiger partial charge is 0.458 e. The molecule has 7 atom stereocenters. The van der Waals surface area contributed by atoms with Crippen molar-refractivity contribution in [1.29, 1.82) is 0 Å². The number of ether oxygens (including phenoxy) is 2. The van der Waals surface area contributed by atoms with Gasteiger partial charge in [0.1, 0.15) is 12.2 Å². The second kappa shape index (κ2) is 7.80. The van der Waals surface area contributed by atoms with Crippen LogP contribution in [0.5, 0.6) is 0 Å². The van der Waals surface area contributed by atoms with E-state index in [1.54, 1.807) is 13.8 Å². The summed E-state index contributed by atoms with van der Waals surface area (Å²) in [5.74, 6) is 1.28. The third-order valence-electron chi connectivity index (χ3n) is 8.99. The average Bonchev–Trinajstić information content (AvgIpc) is 2.99. The Balaban J connectivity index is 1.64. The molecule has 30 heavy (non-hydrogen) atoms. The minimum absolute atomic E-state index is 0.103. The lowest BCUT2D eigenvalue weighted by Gasteiger charge is -2.57. The van der Waals surface area contributed by atoms with E-state index < -0.39 is 0 Å². The molecule has 0 saturated heterocycles. The van der Waals surface area contributed by atoms with E-state index in [1.807, 2.05) is 6.08 Å². The number of hydrogen-bond acceptors (Lipinski definition) is 5. The fourth-order valence-electron chi connectivity index (χ4n) is 7.30. The Morgan fingerprint density at radius 3 is 2.40 bits per heavy atom. The lowest BCUT2D eigenvalue weighted by molar-refractivity contribution is -0.175. The van der Waals surface area contributed by atoms with E-state index in [4.69, 9.17) is 9.47 Å². The van der Waals surface area contributed by atoms with E-state index >= 15 is 0 Å². The molecule has 166 valence electrons. The summed E-state index contributed by atoms with van der Waals surface area (Å²) < 4.78 is 11.8. The van der Waals surface area contributed by atoms with E-state index in [0.29, 0.717) is 37.0 Å². The molecule has 0 radical (unpaired) electrons. The van der Waals surface area contributed by atoms with Gasteiger partial charge in [-0.3, -0.25) is 14.4 Å². The summed E-state index contributed by atoms with van der Waals surface area (Å²) in [7, 11) is 0. The van der Waals surface area contributed by atoms with Gasteiger partial charge in [-0.15, -0.1) is 0 Å². The molecule has 0 heterocycles. The maximum atomic E-state index is 12.2. The predicted molar refractivity (Wildman–Crippen MR) is 112 cm³/mol. The topological polar surface area (TPSA) is 69.7 Å². The molecule has 4 aliphatic rings. The Morgan fingerprint density at radius 1 is 1.00 bits per heavy atom. The number of carbonyl (C=O) groups is 3. The Bertz CT molecular complexity index is 770. The van der Waals surface area contributed by atoms with Crippen molar-refractivity contribution in [3.63, 3.8) is 0 Å². The first-order valence-electron chi connectivity index (χ1n) is 11.9. The molecule has 0 aromatic carbocycles. The van der Waals surface area contributed by atoms with E-state index in [9.17, 15) is 14.4 Å². The number of rotatable bonds is 4. The van der Waals surface area contributed by atoms with Gasteiger partial charge in [0.05, 0.1) is 0 Å². The van der Waals surface area contributed by atoms with Crippen LogP contribution in [0.15, 0.2) is 11.6 Å². The highest BCUT2D eigenvalue weighted by molar-refractivity contribution is 5.91. The molecule has 0 bridgehead atoms. The summed E-state index contributed by atoms with van der Waals surface area (Å²) in [5, 5.41) is 0. The quantitative estimate of drug-likeness (QED) is 0.617. The van der Waals surface area contributed by atoms with Crippen molar-refractivity contribution in [2.45, 2.75) is 97.7 Å². The average molecular weight is 417 g/mol. The Kier molecular flexibility index (Phi) is 5.61. The van der Waals surface area contributed by atoms with Crippen molar-refractivity contribution in [2.24, 2.45) is 28.6 Å². The van der Waals surface area contributed by atoms with Crippen LogP contribution in [0.25, 0.3) is 0 Å². The Labute approximate surface area is 179 Å². The van der Waals surface area contributed by atoms with Crippen LogP contribution < -0.4 is 0 Å². The lowest BCUT2D eigenvalue weighted by Crippen LogP contribution is -2.52. The first kappa shape index (κ1) is 21.6. The molecule has 3 fully saturated rings. The van der Waals surface area contributed by atoms with Gasteiger partial charge in [-0.2, -0.15) is 0 Å². The van der Waals surface area contributed by atoms with Gasteiger partial charge in [-0.25, -0.2) is 0 Å². The molecule has 5 nitrogen and oxygen atoms in total. The van der Waals surface area contributed by atoms with Gasteiger partial charge in [-0.1, -0.05) is 33.3 Å². The normalized spacial score (nSPS) is 42.5. The molecular formula is C25H36O5. The van der Waals surface area contributed by atoms with Gasteiger partial charge in [0, 0.05) is 24.7 Å². The van der Waals surface area contributed by atoms with Crippen molar-refractivity contribution < 1.29 is 23.9 Å². The fraction of sp³-hybridized carbons (Fsp3) is 0.800. The molecule has 5 heteroatoms.